The molecule has 1 unspecified atom stereocenters. The fourth-order valence-corrected chi connectivity index (χ4v) is 5.02. The second kappa shape index (κ2) is 10.6. The van der Waals surface area contributed by atoms with Crippen molar-refractivity contribution in [1.29, 1.82) is 0 Å². The number of esters is 1. The molecule has 0 aromatic heterocycles. The molecule has 0 bridgehead atoms. The Morgan fingerprint density at radius 1 is 1.09 bits per heavy atom. The van der Waals surface area contributed by atoms with Gasteiger partial charge in [0, 0.05) is 11.3 Å². The van der Waals surface area contributed by atoms with Crippen molar-refractivity contribution >= 4 is 29.8 Å². The number of β-lactam (4-membered cyclic amide) rings is 1. The van der Waals surface area contributed by atoms with Gasteiger partial charge in [-0.25, -0.2) is 9.59 Å². The summed E-state index contributed by atoms with van der Waals surface area (Å²) in [5, 5.41) is -0.376. The van der Waals surface area contributed by atoms with Crippen LogP contribution in [0.5, 0.6) is 0 Å². The molecule has 2 aliphatic heterocycles. The van der Waals surface area contributed by atoms with Gasteiger partial charge in [0.15, 0.2) is 6.10 Å². The fraction of sp³-hybridized carbons (Fsp3) is 0.240. The second-order valence-corrected chi connectivity index (χ2v) is 8.74. The quantitative estimate of drug-likeness (QED) is 0.349. The number of thioether (sulfide) groups is 1. The molecule has 2 N–H and O–H groups in total. The highest BCUT2D eigenvalue weighted by atomic mass is 32.2. The highest BCUT2D eigenvalue weighted by Gasteiger charge is 2.52. The highest BCUT2D eigenvalue weighted by Crippen LogP contribution is 2.40. The number of fused-ring (bicyclic) bond motifs is 1. The van der Waals surface area contributed by atoms with Gasteiger partial charge in [0.2, 0.25) is 5.91 Å². The van der Waals surface area contributed by atoms with Gasteiger partial charge in [-0.3, -0.25) is 9.69 Å². The summed E-state index contributed by atoms with van der Waals surface area (Å²) >= 11 is 1.40. The van der Waals surface area contributed by atoms with Gasteiger partial charge in [-0.05, 0) is 11.1 Å². The van der Waals surface area contributed by atoms with E-state index in [4.69, 9.17) is 19.9 Å². The summed E-state index contributed by atoms with van der Waals surface area (Å²) in [6.07, 6.45) is -0.178. The minimum Gasteiger partial charge on any atom is -0.448 e. The van der Waals surface area contributed by atoms with E-state index in [2.05, 4.69) is 6.58 Å². The first-order valence-electron chi connectivity index (χ1n) is 10.6. The number of carbonyl (C=O) groups is 3. The zero-order chi connectivity index (χ0) is 24.1. The summed E-state index contributed by atoms with van der Waals surface area (Å²) in [6.45, 7) is 3.25. The molecule has 1 saturated heterocycles. The normalized spacial score (nSPS) is 19.2. The Balaban J connectivity index is 1.63. The molecule has 8 nitrogen and oxygen atoms in total. The van der Waals surface area contributed by atoms with Crippen LogP contribution in [0.4, 0.5) is 4.79 Å². The minimum absolute atomic E-state index is 0.00109. The van der Waals surface area contributed by atoms with Gasteiger partial charge in [0.25, 0.3) is 0 Å². The van der Waals surface area contributed by atoms with Crippen molar-refractivity contribution in [3.63, 3.8) is 0 Å². The van der Waals surface area contributed by atoms with Gasteiger partial charge >= 0.3 is 12.1 Å². The van der Waals surface area contributed by atoms with Crippen LogP contribution in [0.15, 0.2) is 84.6 Å². The first-order chi connectivity index (χ1) is 16.5. The Labute approximate surface area is 201 Å². The molecule has 1 fully saturated rings. The summed E-state index contributed by atoms with van der Waals surface area (Å²) in [7, 11) is 0. The van der Waals surface area contributed by atoms with Gasteiger partial charge in [0.1, 0.15) is 30.3 Å². The van der Waals surface area contributed by atoms with Crippen molar-refractivity contribution in [3.8, 4) is 0 Å². The zero-order valence-electron chi connectivity index (χ0n) is 18.3. The predicted octanol–water partition coefficient (Wildman–Crippen LogP) is 3.15. The Kier molecular flexibility index (Phi) is 7.34. The molecule has 0 radical (unpaired) electrons. The van der Waals surface area contributed by atoms with Crippen LogP contribution < -0.4 is 5.73 Å². The van der Waals surface area contributed by atoms with Gasteiger partial charge < -0.3 is 19.9 Å². The number of hydrogen-bond donors (Lipinski definition) is 1. The Morgan fingerprint density at radius 2 is 1.71 bits per heavy atom. The van der Waals surface area contributed by atoms with E-state index >= 15 is 0 Å². The van der Waals surface area contributed by atoms with Crippen LogP contribution in [0.2, 0.25) is 0 Å². The fourth-order valence-electron chi connectivity index (χ4n) is 3.74. The number of rotatable bonds is 8. The van der Waals surface area contributed by atoms with Crippen molar-refractivity contribution in [2.45, 2.75) is 17.5 Å². The van der Waals surface area contributed by atoms with E-state index in [-0.39, 0.29) is 30.2 Å². The SMILES string of the molecule is C=CCOC(=O)OCC1=C(C(=O)OC(c2ccccc2)c2ccccc2)N2C(=O)C(N)[C@H]2SC1. The number of carbonyl (C=O) groups excluding carboxylic acids is 3. The Morgan fingerprint density at radius 3 is 2.29 bits per heavy atom. The molecule has 0 saturated carbocycles. The van der Waals surface area contributed by atoms with Crippen LogP contribution >= 0.6 is 11.8 Å². The third-order valence-corrected chi connectivity index (χ3v) is 6.76. The van der Waals surface area contributed by atoms with Crippen LogP contribution in [0.25, 0.3) is 0 Å². The molecule has 2 atom stereocenters. The van der Waals surface area contributed by atoms with Gasteiger partial charge in [-0.2, -0.15) is 0 Å². The summed E-state index contributed by atoms with van der Waals surface area (Å²) in [5.41, 5.74) is 8.01. The van der Waals surface area contributed by atoms with Crippen LogP contribution in [0, 0.1) is 0 Å². The predicted molar refractivity (Wildman–Crippen MR) is 126 cm³/mol. The van der Waals surface area contributed by atoms with Crippen molar-refractivity contribution in [2.75, 3.05) is 19.0 Å². The molecule has 9 heteroatoms. The lowest BCUT2D eigenvalue weighted by Crippen LogP contribution is -2.68. The van der Waals surface area contributed by atoms with Crippen molar-refractivity contribution < 1.29 is 28.6 Å². The molecule has 0 spiro atoms. The third kappa shape index (κ3) is 4.85. The standard InChI is InChI=1S/C25H24N2O6S/c1-2-13-31-25(30)32-14-18-15-34-23-19(26)22(28)27(23)20(18)24(29)33-21(16-9-5-3-6-10-16)17-11-7-4-8-12-17/h2-12,19,21,23H,1,13-15,26H2/t19?,23-/m1/s1. The number of ether oxygens (including phenoxy) is 3. The number of amides is 1. The third-order valence-electron chi connectivity index (χ3n) is 5.39. The van der Waals surface area contributed by atoms with Crippen LogP contribution in [0.1, 0.15) is 17.2 Å². The molecule has 0 aliphatic carbocycles. The molecule has 34 heavy (non-hydrogen) atoms. The Bertz CT molecular complexity index is 1070. The van der Waals surface area contributed by atoms with E-state index in [1.807, 2.05) is 60.7 Å². The zero-order valence-corrected chi connectivity index (χ0v) is 19.1. The molecule has 4 rings (SSSR count). The largest absolute Gasteiger partial charge is 0.508 e. The first kappa shape index (κ1) is 23.6. The number of hydrogen-bond acceptors (Lipinski definition) is 8. The smallest absolute Gasteiger partial charge is 0.448 e. The minimum atomic E-state index is -0.898. The van der Waals surface area contributed by atoms with E-state index in [0.29, 0.717) is 11.3 Å². The van der Waals surface area contributed by atoms with E-state index in [9.17, 15) is 14.4 Å². The van der Waals surface area contributed by atoms with E-state index < -0.39 is 24.3 Å². The lowest BCUT2D eigenvalue weighted by molar-refractivity contribution is -0.153. The molecular formula is C25H24N2O6S. The van der Waals surface area contributed by atoms with Gasteiger partial charge in [0.05, 0.1) is 0 Å². The molecule has 2 aromatic rings. The number of benzene rings is 2. The summed E-state index contributed by atoms with van der Waals surface area (Å²) < 4.78 is 16.0. The van der Waals surface area contributed by atoms with Gasteiger partial charge in [-0.15, -0.1) is 11.8 Å². The summed E-state index contributed by atoms with van der Waals surface area (Å²) in [4.78, 5) is 39.2. The molecule has 2 aromatic carbocycles. The van der Waals surface area contributed by atoms with Crippen molar-refractivity contribution in [1.82, 2.24) is 4.90 Å². The molecule has 2 aliphatic rings. The average molecular weight is 481 g/mol. The summed E-state index contributed by atoms with van der Waals surface area (Å²) in [5.74, 6) is -0.726. The maximum atomic E-state index is 13.5. The van der Waals surface area contributed by atoms with Crippen molar-refractivity contribution in [3.05, 3.63) is 95.7 Å². The average Bonchev–Trinajstić information content (AvgIpc) is 2.89. The Hall–Kier alpha value is -3.56. The van der Waals surface area contributed by atoms with Gasteiger partial charge in [-0.1, -0.05) is 73.3 Å². The van der Waals surface area contributed by atoms with E-state index in [0.717, 1.165) is 11.1 Å². The number of nitrogens with zero attached hydrogens (tertiary/aromatic N) is 1. The van der Waals surface area contributed by atoms with E-state index in [1.165, 1.54) is 22.7 Å². The molecule has 2 heterocycles. The highest BCUT2D eigenvalue weighted by molar-refractivity contribution is 8.00. The van der Waals surface area contributed by atoms with E-state index in [1.54, 1.807) is 0 Å². The molecule has 1 amide bonds. The first-order valence-corrected chi connectivity index (χ1v) is 11.7. The van der Waals surface area contributed by atoms with Crippen molar-refractivity contribution in [2.24, 2.45) is 5.73 Å². The molecular weight excluding hydrogens is 456 g/mol. The van der Waals surface area contributed by atoms with Crippen LogP contribution in [-0.4, -0.2) is 53.3 Å². The van der Waals surface area contributed by atoms with Crippen LogP contribution in [0.3, 0.4) is 0 Å². The topological polar surface area (TPSA) is 108 Å². The molecule has 176 valence electrons. The monoisotopic (exact) mass is 480 g/mol. The lowest BCUT2D eigenvalue weighted by Gasteiger charge is -2.48. The summed E-state index contributed by atoms with van der Waals surface area (Å²) in [6, 6.07) is 17.9. The maximum Gasteiger partial charge on any atom is 0.508 e. The second-order valence-electron chi connectivity index (χ2n) is 7.63. The number of nitrogens with two attached hydrogens (primary N) is 1. The van der Waals surface area contributed by atoms with Crippen LogP contribution in [-0.2, 0) is 23.8 Å². The maximum absolute atomic E-state index is 13.5. The lowest BCUT2D eigenvalue weighted by atomic mass is 10.0.